The number of benzene rings is 1. The summed E-state index contributed by atoms with van der Waals surface area (Å²) in [4.78, 5) is 24.6. The Balaban J connectivity index is 0.00000280. The third-order valence-electron chi connectivity index (χ3n) is 5.73. The van der Waals surface area contributed by atoms with E-state index in [-0.39, 0.29) is 42.3 Å². The summed E-state index contributed by atoms with van der Waals surface area (Å²) in [6, 6.07) is 8.23. The van der Waals surface area contributed by atoms with Gasteiger partial charge in [-0.3, -0.25) is 9.59 Å². The zero-order valence-electron chi connectivity index (χ0n) is 16.9. The lowest BCUT2D eigenvalue weighted by Gasteiger charge is -2.28. The predicted octanol–water partition coefficient (Wildman–Crippen LogP) is 3.82. The average molecular weight is 409 g/mol. The van der Waals surface area contributed by atoms with E-state index < -0.39 is 0 Å². The lowest BCUT2D eigenvalue weighted by molar-refractivity contribution is -0.153. The largest absolute Gasteiger partial charge is 0.463 e. The summed E-state index contributed by atoms with van der Waals surface area (Å²) < 4.78 is 5.31. The van der Waals surface area contributed by atoms with Crippen molar-refractivity contribution in [3.8, 4) is 0 Å². The van der Waals surface area contributed by atoms with Gasteiger partial charge in [0.1, 0.15) is 0 Å². The van der Waals surface area contributed by atoms with Crippen molar-refractivity contribution in [1.82, 2.24) is 10.6 Å². The molecule has 2 aliphatic rings. The number of rotatable bonds is 5. The minimum absolute atomic E-state index is 0. The SMILES string of the molecule is CC(C)OC(=O)C1CCC(NC(=O)c2ccc(C3CCNCC3)cc2)CC1.Cl. The molecule has 1 heterocycles. The number of carbonyl (C=O) groups excluding carboxylic acids is 2. The van der Waals surface area contributed by atoms with Crippen molar-refractivity contribution < 1.29 is 14.3 Å². The number of piperidine rings is 1. The first-order valence-electron chi connectivity index (χ1n) is 10.3. The first-order valence-corrected chi connectivity index (χ1v) is 10.3. The molecule has 1 aliphatic heterocycles. The highest BCUT2D eigenvalue weighted by Gasteiger charge is 2.28. The number of hydrogen-bond donors (Lipinski definition) is 2. The molecule has 3 rings (SSSR count). The zero-order chi connectivity index (χ0) is 19.2. The zero-order valence-corrected chi connectivity index (χ0v) is 17.7. The van der Waals surface area contributed by atoms with E-state index in [9.17, 15) is 9.59 Å². The van der Waals surface area contributed by atoms with Crippen LogP contribution in [0.1, 0.15) is 74.2 Å². The molecule has 0 unspecified atom stereocenters. The van der Waals surface area contributed by atoms with E-state index in [1.807, 2.05) is 26.0 Å². The number of ether oxygens (including phenoxy) is 1. The lowest BCUT2D eigenvalue weighted by Crippen LogP contribution is -2.39. The Labute approximate surface area is 174 Å². The average Bonchev–Trinajstić information content (AvgIpc) is 2.69. The van der Waals surface area contributed by atoms with Gasteiger partial charge >= 0.3 is 5.97 Å². The van der Waals surface area contributed by atoms with Crippen LogP contribution < -0.4 is 10.6 Å². The van der Waals surface area contributed by atoms with Crippen molar-refractivity contribution in [1.29, 1.82) is 0 Å². The molecule has 1 aliphatic carbocycles. The summed E-state index contributed by atoms with van der Waals surface area (Å²) in [5.41, 5.74) is 2.05. The van der Waals surface area contributed by atoms with Gasteiger partial charge in [-0.15, -0.1) is 12.4 Å². The van der Waals surface area contributed by atoms with Gasteiger partial charge in [0.25, 0.3) is 5.91 Å². The number of carbonyl (C=O) groups is 2. The third kappa shape index (κ3) is 6.21. The highest BCUT2D eigenvalue weighted by Crippen LogP contribution is 2.27. The summed E-state index contributed by atoms with van der Waals surface area (Å²) in [5.74, 6) is 0.470. The molecular formula is C22H33ClN2O3. The van der Waals surface area contributed by atoms with Crippen LogP contribution >= 0.6 is 12.4 Å². The second kappa shape index (κ2) is 10.8. The van der Waals surface area contributed by atoms with Crippen LogP contribution in [0.4, 0.5) is 0 Å². The molecule has 5 nitrogen and oxygen atoms in total. The number of nitrogens with one attached hydrogen (secondary N) is 2. The Morgan fingerprint density at radius 1 is 1.00 bits per heavy atom. The lowest BCUT2D eigenvalue weighted by atomic mass is 9.86. The van der Waals surface area contributed by atoms with Crippen LogP contribution in [0.15, 0.2) is 24.3 Å². The highest BCUT2D eigenvalue weighted by atomic mass is 35.5. The molecule has 2 fully saturated rings. The van der Waals surface area contributed by atoms with Gasteiger partial charge in [0.15, 0.2) is 0 Å². The second-order valence-corrected chi connectivity index (χ2v) is 8.15. The number of esters is 1. The maximum atomic E-state index is 12.5. The molecule has 28 heavy (non-hydrogen) atoms. The monoisotopic (exact) mass is 408 g/mol. The summed E-state index contributed by atoms with van der Waals surface area (Å²) >= 11 is 0. The molecule has 0 radical (unpaired) electrons. The Bertz CT molecular complexity index is 634. The Hall–Kier alpha value is -1.59. The van der Waals surface area contributed by atoms with Crippen molar-refractivity contribution in [2.24, 2.45) is 5.92 Å². The molecule has 156 valence electrons. The minimum atomic E-state index is -0.0942. The van der Waals surface area contributed by atoms with E-state index in [0.717, 1.165) is 51.6 Å². The number of amides is 1. The van der Waals surface area contributed by atoms with Gasteiger partial charge in [0, 0.05) is 11.6 Å². The summed E-state index contributed by atoms with van der Waals surface area (Å²) in [6.07, 6.45) is 5.48. The maximum Gasteiger partial charge on any atom is 0.309 e. The van der Waals surface area contributed by atoms with Gasteiger partial charge in [0.05, 0.1) is 12.0 Å². The Kier molecular flexibility index (Phi) is 8.77. The summed E-state index contributed by atoms with van der Waals surface area (Å²) in [5, 5.41) is 6.52. The quantitative estimate of drug-likeness (QED) is 0.727. The molecule has 1 saturated heterocycles. The van der Waals surface area contributed by atoms with Crippen molar-refractivity contribution in [2.75, 3.05) is 13.1 Å². The topological polar surface area (TPSA) is 67.4 Å². The van der Waals surface area contributed by atoms with Crippen molar-refractivity contribution >= 4 is 24.3 Å². The van der Waals surface area contributed by atoms with E-state index in [0.29, 0.717) is 11.5 Å². The number of hydrogen-bond acceptors (Lipinski definition) is 4. The van der Waals surface area contributed by atoms with Crippen LogP contribution in [0.25, 0.3) is 0 Å². The molecule has 2 N–H and O–H groups in total. The molecule has 1 amide bonds. The van der Waals surface area contributed by atoms with Gasteiger partial charge in [-0.25, -0.2) is 0 Å². The van der Waals surface area contributed by atoms with E-state index in [1.54, 1.807) is 0 Å². The van der Waals surface area contributed by atoms with Crippen LogP contribution in [0.2, 0.25) is 0 Å². The van der Waals surface area contributed by atoms with E-state index in [1.165, 1.54) is 5.56 Å². The van der Waals surface area contributed by atoms with Crippen LogP contribution in [-0.2, 0) is 9.53 Å². The van der Waals surface area contributed by atoms with Crippen molar-refractivity contribution in [3.63, 3.8) is 0 Å². The molecule has 1 aromatic carbocycles. The van der Waals surface area contributed by atoms with Gasteiger partial charge in [0.2, 0.25) is 0 Å². The predicted molar refractivity (Wildman–Crippen MR) is 113 cm³/mol. The first-order chi connectivity index (χ1) is 13.0. The maximum absolute atomic E-state index is 12.5. The van der Waals surface area contributed by atoms with Crippen LogP contribution in [0.3, 0.4) is 0 Å². The Morgan fingerprint density at radius 3 is 2.18 bits per heavy atom. The molecule has 1 saturated carbocycles. The molecule has 0 spiro atoms. The van der Waals surface area contributed by atoms with Crippen LogP contribution in [0.5, 0.6) is 0 Å². The fourth-order valence-electron chi connectivity index (χ4n) is 4.13. The van der Waals surface area contributed by atoms with Crippen LogP contribution in [0, 0.1) is 5.92 Å². The van der Waals surface area contributed by atoms with E-state index >= 15 is 0 Å². The standard InChI is InChI=1S/C22H32N2O3.ClH/c1-15(2)27-22(26)19-7-9-20(10-8-19)24-21(25)18-5-3-16(4-6-18)17-11-13-23-14-12-17;/h3-6,15,17,19-20,23H,7-14H2,1-2H3,(H,24,25);1H. The molecular weight excluding hydrogens is 376 g/mol. The summed E-state index contributed by atoms with van der Waals surface area (Å²) in [6.45, 7) is 5.89. The second-order valence-electron chi connectivity index (χ2n) is 8.15. The highest BCUT2D eigenvalue weighted by molar-refractivity contribution is 5.94. The van der Waals surface area contributed by atoms with Gasteiger partial charge in [-0.2, -0.15) is 0 Å². The van der Waals surface area contributed by atoms with E-state index in [2.05, 4.69) is 22.8 Å². The van der Waals surface area contributed by atoms with Gasteiger partial charge in [-0.1, -0.05) is 12.1 Å². The minimum Gasteiger partial charge on any atom is -0.463 e. The molecule has 0 aromatic heterocycles. The van der Waals surface area contributed by atoms with E-state index in [4.69, 9.17) is 4.74 Å². The molecule has 1 aromatic rings. The molecule has 0 bridgehead atoms. The molecule has 0 atom stereocenters. The first kappa shape index (κ1) is 22.7. The normalized spacial score (nSPS) is 23.0. The smallest absolute Gasteiger partial charge is 0.309 e. The fourth-order valence-corrected chi connectivity index (χ4v) is 4.13. The van der Waals surface area contributed by atoms with Crippen molar-refractivity contribution in [2.45, 2.75) is 70.4 Å². The van der Waals surface area contributed by atoms with Crippen molar-refractivity contribution in [3.05, 3.63) is 35.4 Å². The van der Waals surface area contributed by atoms with Gasteiger partial charge < -0.3 is 15.4 Å². The third-order valence-corrected chi connectivity index (χ3v) is 5.73. The summed E-state index contributed by atoms with van der Waals surface area (Å²) in [7, 11) is 0. The number of halogens is 1. The van der Waals surface area contributed by atoms with Gasteiger partial charge in [-0.05, 0) is 89.1 Å². The van der Waals surface area contributed by atoms with Crippen LogP contribution in [-0.4, -0.2) is 37.1 Å². The Morgan fingerprint density at radius 2 is 1.61 bits per heavy atom. The molecule has 6 heteroatoms. The fraction of sp³-hybridized carbons (Fsp3) is 0.636.